The zero-order chi connectivity index (χ0) is 27.8. The number of amides is 4. The number of benzene rings is 1. The van der Waals surface area contributed by atoms with Gasteiger partial charge < -0.3 is 21.7 Å². The Morgan fingerprint density at radius 1 is 1.03 bits per heavy atom. The number of carbonyl (C=O) groups excluding carboxylic acids is 4. The molecule has 0 aliphatic heterocycles. The minimum Gasteiger partial charge on any atom is -0.370 e. The van der Waals surface area contributed by atoms with Gasteiger partial charge in [0.1, 0.15) is 6.04 Å². The summed E-state index contributed by atoms with van der Waals surface area (Å²) in [6.07, 6.45) is 4.50. The number of thiophene rings is 1. The first kappa shape index (κ1) is 31.6. The van der Waals surface area contributed by atoms with E-state index < -0.39 is 17.9 Å². The van der Waals surface area contributed by atoms with Crippen molar-refractivity contribution in [3.05, 3.63) is 69.9 Å². The van der Waals surface area contributed by atoms with Gasteiger partial charge in [0.2, 0.25) is 17.7 Å². The number of rotatable bonds is 12. The van der Waals surface area contributed by atoms with Gasteiger partial charge in [-0.15, -0.1) is 11.3 Å². The molecule has 0 bridgehead atoms. The van der Waals surface area contributed by atoms with Crippen LogP contribution in [0.1, 0.15) is 60.8 Å². The Bertz CT molecular complexity index is 1030. The van der Waals surface area contributed by atoms with E-state index in [-0.39, 0.29) is 36.7 Å². The largest absolute Gasteiger partial charge is 0.370 e. The van der Waals surface area contributed by atoms with Gasteiger partial charge in [-0.2, -0.15) is 0 Å². The number of nitrogens with one attached hydrogen (secondary N) is 3. The predicted molar refractivity (Wildman–Crippen MR) is 149 cm³/mol. The lowest BCUT2D eigenvalue weighted by atomic mass is 10.0. The van der Waals surface area contributed by atoms with Crippen LogP contribution >= 0.6 is 11.3 Å². The predicted octanol–water partition coefficient (Wildman–Crippen LogP) is 3.64. The molecule has 4 amide bonds. The van der Waals surface area contributed by atoms with Crippen molar-refractivity contribution in [2.24, 2.45) is 11.7 Å². The van der Waals surface area contributed by atoms with Crippen LogP contribution in [0.5, 0.6) is 0 Å². The van der Waals surface area contributed by atoms with Crippen molar-refractivity contribution in [3.63, 3.8) is 0 Å². The van der Waals surface area contributed by atoms with Crippen LogP contribution in [0.3, 0.4) is 0 Å². The zero-order valence-corrected chi connectivity index (χ0v) is 23.2. The highest BCUT2D eigenvalue weighted by Gasteiger charge is 2.23. The van der Waals surface area contributed by atoms with Crippen LogP contribution in [-0.4, -0.2) is 42.3 Å². The van der Waals surface area contributed by atoms with Crippen LogP contribution in [-0.2, 0) is 14.4 Å². The third kappa shape index (κ3) is 14.0. The maximum absolute atomic E-state index is 12.6. The number of allylic oxidation sites excluding steroid dienone is 1. The number of hydrogen-bond donors (Lipinski definition) is 4. The van der Waals surface area contributed by atoms with Gasteiger partial charge in [-0.05, 0) is 56.5 Å². The summed E-state index contributed by atoms with van der Waals surface area (Å²) in [7, 11) is 0. The van der Waals surface area contributed by atoms with Crippen molar-refractivity contribution >= 4 is 35.0 Å². The fraction of sp³-hybridized carbons (Fsp3) is 0.429. The van der Waals surface area contributed by atoms with Crippen molar-refractivity contribution < 1.29 is 19.2 Å². The summed E-state index contributed by atoms with van der Waals surface area (Å²) in [6.45, 7) is 9.46. The molecular weight excluding hydrogens is 488 g/mol. The summed E-state index contributed by atoms with van der Waals surface area (Å²) < 4.78 is 0. The Hall–Kier alpha value is -3.46. The normalized spacial score (nSPS) is 12.3. The van der Waals surface area contributed by atoms with E-state index in [1.165, 1.54) is 16.9 Å². The molecular formula is C28H40N4O4S. The second-order valence-corrected chi connectivity index (χ2v) is 10.1. The Kier molecular flexibility index (Phi) is 14.6. The molecule has 0 fully saturated rings. The van der Waals surface area contributed by atoms with Crippen LogP contribution in [0.15, 0.2) is 53.9 Å². The van der Waals surface area contributed by atoms with Gasteiger partial charge in [0, 0.05) is 12.5 Å². The molecule has 2 aromatic rings. The second kappa shape index (κ2) is 17.1. The van der Waals surface area contributed by atoms with Gasteiger partial charge in [0.15, 0.2) is 0 Å². The Morgan fingerprint density at radius 3 is 2.19 bits per heavy atom. The van der Waals surface area contributed by atoms with Gasteiger partial charge >= 0.3 is 0 Å². The number of aryl methyl sites for hydroxylation is 2. The number of carbonyl (C=O) groups is 4. The second-order valence-electron chi connectivity index (χ2n) is 9.22. The molecule has 1 heterocycles. The molecule has 0 saturated carbocycles. The molecule has 0 spiro atoms. The molecule has 0 aliphatic rings. The first-order chi connectivity index (χ1) is 17.5. The highest BCUT2D eigenvalue weighted by Crippen LogP contribution is 2.14. The lowest BCUT2D eigenvalue weighted by Gasteiger charge is -2.20. The number of primary amides is 1. The van der Waals surface area contributed by atoms with E-state index in [0.717, 1.165) is 5.56 Å². The zero-order valence-electron chi connectivity index (χ0n) is 22.4. The lowest BCUT2D eigenvalue weighted by Crippen LogP contribution is -2.50. The monoisotopic (exact) mass is 528 g/mol. The highest BCUT2D eigenvalue weighted by atomic mass is 32.1. The average molecular weight is 529 g/mol. The SMILES string of the molecule is C/C=C/[C@H](CCC(N)=O)NC(=O)CNC(=O)[C@H](CC(C)C)NC(=O)c1cc(C)cs1.Cc1ccccc1. The van der Waals surface area contributed by atoms with E-state index >= 15 is 0 Å². The smallest absolute Gasteiger partial charge is 0.262 e. The quantitative estimate of drug-likeness (QED) is 0.313. The summed E-state index contributed by atoms with van der Waals surface area (Å²) >= 11 is 1.32. The van der Waals surface area contributed by atoms with E-state index in [1.807, 2.05) is 44.4 Å². The van der Waals surface area contributed by atoms with Gasteiger partial charge in [-0.25, -0.2) is 0 Å². The molecule has 8 nitrogen and oxygen atoms in total. The lowest BCUT2D eigenvalue weighted by molar-refractivity contribution is -0.127. The fourth-order valence-corrected chi connectivity index (χ4v) is 4.11. The number of hydrogen-bond acceptors (Lipinski definition) is 5. The molecule has 0 unspecified atom stereocenters. The Labute approximate surface area is 224 Å². The maximum atomic E-state index is 12.6. The van der Waals surface area contributed by atoms with Crippen molar-refractivity contribution in [1.29, 1.82) is 0 Å². The standard InChI is InChI=1S/C21H32N4O4S.C7H8/c1-5-6-15(7-8-18(22)26)24-19(27)11-23-20(28)16(9-13(2)3)25-21(29)17-10-14(4)12-30-17;1-7-5-3-2-4-6-7/h5-6,10,12-13,15-16H,7-9,11H2,1-4H3,(H2,22,26)(H,23,28)(H,24,27)(H,25,29);2-6H,1H3/b6-5+;/t15-,16+;/m1./s1. The van der Waals surface area contributed by atoms with Crippen molar-refractivity contribution in [1.82, 2.24) is 16.0 Å². The third-order valence-electron chi connectivity index (χ3n) is 5.12. The maximum Gasteiger partial charge on any atom is 0.262 e. The summed E-state index contributed by atoms with van der Waals surface area (Å²) in [6, 6.07) is 10.9. The molecule has 37 heavy (non-hydrogen) atoms. The summed E-state index contributed by atoms with van der Waals surface area (Å²) in [4.78, 5) is 48.7. The molecule has 0 aliphatic carbocycles. The first-order valence-corrected chi connectivity index (χ1v) is 13.3. The molecule has 0 saturated heterocycles. The van der Waals surface area contributed by atoms with Crippen LogP contribution < -0.4 is 21.7 Å². The van der Waals surface area contributed by atoms with Crippen molar-refractivity contribution in [2.75, 3.05) is 6.54 Å². The molecule has 1 aromatic heterocycles. The third-order valence-corrected chi connectivity index (χ3v) is 6.17. The van der Waals surface area contributed by atoms with Crippen LogP contribution in [0.4, 0.5) is 0 Å². The Morgan fingerprint density at radius 2 is 1.70 bits per heavy atom. The van der Waals surface area contributed by atoms with Crippen molar-refractivity contribution in [3.8, 4) is 0 Å². The molecule has 0 radical (unpaired) electrons. The minimum absolute atomic E-state index is 0.145. The van der Waals surface area contributed by atoms with E-state index in [4.69, 9.17) is 5.73 Å². The first-order valence-electron chi connectivity index (χ1n) is 12.4. The van der Waals surface area contributed by atoms with E-state index in [2.05, 4.69) is 35.0 Å². The Balaban J connectivity index is 0.000000836. The molecule has 2 atom stereocenters. The summed E-state index contributed by atoms with van der Waals surface area (Å²) in [5.74, 6) is -1.38. The average Bonchev–Trinajstić information content (AvgIpc) is 3.27. The summed E-state index contributed by atoms with van der Waals surface area (Å²) in [5.41, 5.74) is 7.46. The van der Waals surface area contributed by atoms with Gasteiger partial charge in [-0.3, -0.25) is 19.2 Å². The minimum atomic E-state index is -0.742. The van der Waals surface area contributed by atoms with Crippen LogP contribution in [0, 0.1) is 19.8 Å². The van der Waals surface area contributed by atoms with Gasteiger partial charge in [0.05, 0.1) is 11.4 Å². The van der Waals surface area contributed by atoms with Gasteiger partial charge in [0.25, 0.3) is 5.91 Å². The molecule has 9 heteroatoms. The molecule has 5 N–H and O–H groups in total. The van der Waals surface area contributed by atoms with Crippen molar-refractivity contribution in [2.45, 2.75) is 66.0 Å². The fourth-order valence-electron chi connectivity index (χ4n) is 3.31. The molecule has 202 valence electrons. The van der Waals surface area contributed by atoms with E-state index in [0.29, 0.717) is 17.7 Å². The van der Waals surface area contributed by atoms with E-state index in [1.54, 1.807) is 25.1 Å². The summed E-state index contributed by atoms with van der Waals surface area (Å²) in [5, 5.41) is 9.96. The van der Waals surface area contributed by atoms with Crippen LogP contribution in [0.25, 0.3) is 0 Å². The highest BCUT2D eigenvalue weighted by molar-refractivity contribution is 7.12. The molecule has 2 rings (SSSR count). The number of nitrogens with two attached hydrogens (primary N) is 1. The van der Waals surface area contributed by atoms with Crippen LogP contribution in [0.2, 0.25) is 0 Å². The molecule has 1 aromatic carbocycles. The van der Waals surface area contributed by atoms with Gasteiger partial charge in [-0.1, -0.05) is 61.9 Å². The van der Waals surface area contributed by atoms with E-state index in [9.17, 15) is 19.2 Å². The topological polar surface area (TPSA) is 130 Å².